The van der Waals surface area contributed by atoms with E-state index in [1.54, 1.807) is 0 Å². The van der Waals surface area contributed by atoms with Crippen LogP contribution in [-0.4, -0.2) is 22.8 Å². The number of aromatic nitrogens is 2. The van der Waals surface area contributed by atoms with Gasteiger partial charge in [-0.3, -0.25) is 9.89 Å². The summed E-state index contributed by atoms with van der Waals surface area (Å²) in [5.41, 5.74) is 4.84. The highest BCUT2D eigenvalue weighted by Gasteiger charge is 2.27. The fourth-order valence-corrected chi connectivity index (χ4v) is 3.37. The van der Waals surface area contributed by atoms with Crippen molar-refractivity contribution in [3.05, 3.63) is 41.3 Å². The number of carbonyl (C=O) groups is 1. The zero-order valence-corrected chi connectivity index (χ0v) is 13.2. The molecule has 4 nitrogen and oxygen atoms in total. The maximum atomic E-state index is 12.3. The van der Waals surface area contributed by atoms with Crippen molar-refractivity contribution < 1.29 is 9.53 Å². The zero-order chi connectivity index (χ0) is 15.5. The molecule has 4 heteroatoms. The van der Waals surface area contributed by atoms with Gasteiger partial charge in [-0.2, -0.15) is 5.10 Å². The SMILES string of the molecule is C=C(C)[C@@H]1CC=C(COC(=O)C2CCc3[nH]ncc3C2)CC1. The van der Waals surface area contributed by atoms with Crippen molar-refractivity contribution in [1.82, 2.24) is 10.2 Å². The quantitative estimate of drug-likeness (QED) is 0.685. The van der Waals surface area contributed by atoms with Crippen LogP contribution < -0.4 is 0 Å². The van der Waals surface area contributed by atoms with Crippen molar-refractivity contribution in [3.63, 3.8) is 0 Å². The van der Waals surface area contributed by atoms with Crippen molar-refractivity contribution >= 4 is 5.97 Å². The Kier molecular flexibility index (Phi) is 4.46. The van der Waals surface area contributed by atoms with Crippen LogP contribution in [0.3, 0.4) is 0 Å². The molecule has 0 aliphatic heterocycles. The summed E-state index contributed by atoms with van der Waals surface area (Å²) in [5, 5.41) is 7.04. The van der Waals surface area contributed by atoms with E-state index in [-0.39, 0.29) is 11.9 Å². The molecule has 1 aromatic rings. The van der Waals surface area contributed by atoms with E-state index >= 15 is 0 Å². The van der Waals surface area contributed by atoms with Crippen molar-refractivity contribution in [2.45, 2.75) is 45.4 Å². The molecular formula is C18H24N2O2. The van der Waals surface area contributed by atoms with Crippen molar-refractivity contribution in [2.24, 2.45) is 11.8 Å². The maximum Gasteiger partial charge on any atom is 0.309 e. The first-order valence-corrected chi connectivity index (χ1v) is 8.14. The third kappa shape index (κ3) is 3.32. The van der Waals surface area contributed by atoms with Gasteiger partial charge in [-0.15, -0.1) is 0 Å². The molecular weight excluding hydrogens is 276 g/mol. The highest BCUT2D eigenvalue weighted by Crippen LogP contribution is 2.29. The van der Waals surface area contributed by atoms with E-state index in [2.05, 4.69) is 29.8 Å². The molecule has 1 unspecified atom stereocenters. The second-order valence-electron chi connectivity index (χ2n) is 6.60. The number of hydrogen-bond donors (Lipinski definition) is 1. The lowest BCUT2D eigenvalue weighted by atomic mass is 9.86. The van der Waals surface area contributed by atoms with Gasteiger partial charge < -0.3 is 4.74 Å². The summed E-state index contributed by atoms with van der Waals surface area (Å²) in [6.45, 7) is 6.58. The molecule has 3 rings (SSSR count). The molecule has 2 aliphatic carbocycles. The molecule has 0 aromatic carbocycles. The number of H-pyrrole nitrogens is 1. The fraction of sp³-hybridized carbons (Fsp3) is 0.556. The van der Waals surface area contributed by atoms with Gasteiger partial charge in [0.25, 0.3) is 0 Å². The first-order valence-electron chi connectivity index (χ1n) is 8.14. The van der Waals surface area contributed by atoms with Gasteiger partial charge >= 0.3 is 5.97 Å². The average molecular weight is 300 g/mol. The van der Waals surface area contributed by atoms with Gasteiger partial charge in [-0.1, -0.05) is 18.2 Å². The van der Waals surface area contributed by atoms with Gasteiger partial charge in [0.05, 0.1) is 12.1 Å². The van der Waals surface area contributed by atoms with Crippen LogP contribution in [0.15, 0.2) is 30.0 Å². The predicted molar refractivity (Wildman–Crippen MR) is 85.3 cm³/mol. The summed E-state index contributed by atoms with van der Waals surface area (Å²) >= 11 is 0. The summed E-state index contributed by atoms with van der Waals surface area (Å²) in [7, 11) is 0. The van der Waals surface area contributed by atoms with Crippen LogP contribution in [0.2, 0.25) is 0 Å². The molecule has 22 heavy (non-hydrogen) atoms. The molecule has 0 radical (unpaired) electrons. The molecule has 1 N–H and O–H groups in total. The Bertz CT molecular complexity index is 600. The molecule has 0 amide bonds. The van der Waals surface area contributed by atoms with E-state index in [4.69, 9.17) is 4.74 Å². The normalized spacial score (nSPS) is 24.3. The Morgan fingerprint density at radius 3 is 2.95 bits per heavy atom. The van der Waals surface area contributed by atoms with Gasteiger partial charge in [-0.05, 0) is 62.5 Å². The second kappa shape index (κ2) is 6.51. The number of nitrogens with one attached hydrogen (secondary N) is 1. The molecule has 0 saturated carbocycles. The smallest absolute Gasteiger partial charge is 0.309 e. The summed E-state index contributed by atoms with van der Waals surface area (Å²) < 4.78 is 5.55. The molecule has 0 bridgehead atoms. The van der Waals surface area contributed by atoms with Crippen LogP contribution >= 0.6 is 0 Å². The molecule has 2 aliphatic rings. The Hall–Kier alpha value is -1.84. The largest absolute Gasteiger partial charge is 0.461 e. The van der Waals surface area contributed by atoms with Crippen LogP contribution in [0.1, 0.15) is 43.9 Å². The fourth-order valence-electron chi connectivity index (χ4n) is 3.37. The predicted octanol–water partition coefficient (Wildman–Crippen LogP) is 3.36. The lowest BCUT2D eigenvalue weighted by Crippen LogP contribution is -2.25. The van der Waals surface area contributed by atoms with E-state index < -0.39 is 0 Å². The molecule has 0 saturated heterocycles. The van der Waals surface area contributed by atoms with Crippen molar-refractivity contribution in [1.29, 1.82) is 0 Å². The number of rotatable bonds is 4. The van der Waals surface area contributed by atoms with Crippen LogP contribution in [0.25, 0.3) is 0 Å². The Labute approximate surface area is 131 Å². The van der Waals surface area contributed by atoms with Crippen molar-refractivity contribution in [2.75, 3.05) is 6.61 Å². The first kappa shape index (κ1) is 15.1. The number of fused-ring (bicyclic) bond motifs is 1. The highest BCUT2D eigenvalue weighted by atomic mass is 16.5. The number of ether oxygens (including phenoxy) is 1. The average Bonchev–Trinajstić information content (AvgIpc) is 3.00. The van der Waals surface area contributed by atoms with Gasteiger partial charge in [0.1, 0.15) is 6.61 Å². The first-order chi connectivity index (χ1) is 10.6. The van der Waals surface area contributed by atoms with Gasteiger partial charge in [0, 0.05) is 5.69 Å². The Morgan fingerprint density at radius 2 is 2.23 bits per heavy atom. The van der Waals surface area contributed by atoms with Gasteiger partial charge in [-0.25, -0.2) is 0 Å². The summed E-state index contributed by atoms with van der Waals surface area (Å²) in [6.07, 6.45) is 9.72. The van der Waals surface area contributed by atoms with Gasteiger partial charge in [0.2, 0.25) is 0 Å². The summed E-state index contributed by atoms with van der Waals surface area (Å²) in [4.78, 5) is 12.3. The standard InChI is InChI=1S/C18H24N2O2/c1-12(2)14-5-3-13(4-6-14)11-22-18(21)15-7-8-17-16(9-15)10-19-20-17/h3,10,14-15H,1,4-9,11H2,2H3,(H,19,20)/t14-,15?/m1/s1. The third-order valence-corrected chi connectivity index (χ3v) is 4.95. The topological polar surface area (TPSA) is 55.0 Å². The number of carbonyl (C=O) groups excluding carboxylic acids is 1. The minimum atomic E-state index is -0.0604. The van der Waals surface area contributed by atoms with E-state index in [0.717, 1.165) is 44.1 Å². The van der Waals surface area contributed by atoms with Crippen LogP contribution in [0.4, 0.5) is 0 Å². The minimum Gasteiger partial charge on any atom is -0.461 e. The summed E-state index contributed by atoms with van der Waals surface area (Å²) in [6, 6.07) is 0. The van der Waals surface area contributed by atoms with E-state index in [1.807, 2.05) is 6.20 Å². The second-order valence-corrected chi connectivity index (χ2v) is 6.60. The number of nitrogens with zero attached hydrogens (tertiary/aromatic N) is 1. The number of hydrogen-bond acceptors (Lipinski definition) is 3. The van der Waals surface area contributed by atoms with Gasteiger partial charge in [0.15, 0.2) is 0 Å². The van der Waals surface area contributed by atoms with Crippen LogP contribution in [0, 0.1) is 11.8 Å². The lowest BCUT2D eigenvalue weighted by Gasteiger charge is -2.23. The number of aryl methyl sites for hydroxylation is 1. The van der Waals surface area contributed by atoms with E-state index in [1.165, 1.54) is 16.8 Å². The maximum absolute atomic E-state index is 12.3. The Balaban J connectivity index is 1.48. The highest BCUT2D eigenvalue weighted by molar-refractivity contribution is 5.73. The number of allylic oxidation sites excluding steroid dienone is 2. The molecule has 0 fully saturated rings. The van der Waals surface area contributed by atoms with Crippen molar-refractivity contribution in [3.8, 4) is 0 Å². The number of esters is 1. The molecule has 2 atom stereocenters. The van der Waals surface area contributed by atoms with Crippen LogP contribution in [0.5, 0.6) is 0 Å². The summed E-state index contributed by atoms with van der Waals surface area (Å²) in [5.74, 6) is 0.518. The monoisotopic (exact) mass is 300 g/mol. The van der Waals surface area contributed by atoms with E-state index in [0.29, 0.717) is 12.5 Å². The van der Waals surface area contributed by atoms with Crippen LogP contribution in [-0.2, 0) is 22.4 Å². The Morgan fingerprint density at radius 1 is 1.41 bits per heavy atom. The van der Waals surface area contributed by atoms with E-state index in [9.17, 15) is 4.79 Å². The third-order valence-electron chi connectivity index (χ3n) is 4.95. The lowest BCUT2D eigenvalue weighted by molar-refractivity contribution is -0.148. The molecule has 1 aromatic heterocycles. The zero-order valence-electron chi connectivity index (χ0n) is 13.2. The number of aromatic amines is 1. The molecule has 0 spiro atoms. The minimum absolute atomic E-state index is 0.0162. The molecule has 118 valence electrons. The molecule has 1 heterocycles.